The van der Waals surface area contributed by atoms with Gasteiger partial charge in [-0.2, -0.15) is 0 Å². The van der Waals surface area contributed by atoms with Crippen molar-refractivity contribution in [2.45, 2.75) is 24.9 Å². The van der Waals surface area contributed by atoms with Crippen molar-refractivity contribution >= 4 is 17.8 Å². The molecule has 5 N–H and O–H groups in total. The molecule has 1 unspecified atom stereocenters. The number of carbonyl (C=O) groups is 3. The Morgan fingerprint density at radius 1 is 1.35 bits per heavy atom. The lowest BCUT2D eigenvalue weighted by atomic mass is 10.1. The summed E-state index contributed by atoms with van der Waals surface area (Å²) in [6.07, 6.45) is -0.549. The molecule has 0 fully saturated rings. The van der Waals surface area contributed by atoms with Gasteiger partial charge in [0, 0.05) is 13.5 Å². The molecule has 0 radical (unpaired) electrons. The predicted octanol–water partition coefficient (Wildman–Crippen LogP) is -1.61. The van der Waals surface area contributed by atoms with Gasteiger partial charge >= 0.3 is 11.9 Å². The molecule has 98 valence electrons. The highest BCUT2D eigenvalue weighted by atomic mass is 16.5. The van der Waals surface area contributed by atoms with E-state index in [1.807, 2.05) is 0 Å². The van der Waals surface area contributed by atoms with Gasteiger partial charge in [0.1, 0.15) is 12.1 Å². The second-order valence-electron chi connectivity index (χ2n) is 3.39. The number of carboxylic acids is 2. The summed E-state index contributed by atoms with van der Waals surface area (Å²) in [5.41, 5.74) is 5.39. The number of nitrogens with two attached hydrogens (primary N) is 1. The van der Waals surface area contributed by atoms with Gasteiger partial charge in [0.05, 0.1) is 6.61 Å². The summed E-state index contributed by atoms with van der Waals surface area (Å²) in [6.45, 7) is -0.0445. The Labute approximate surface area is 97.7 Å². The van der Waals surface area contributed by atoms with E-state index in [2.05, 4.69) is 10.1 Å². The Morgan fingerprint density at radius 3 is 2.35 bits per heavy atom. The molecule has 0 aliphatic rings. The molecule has 17 heavy (non-hydrogen) atoms. The van der Waals surface area contributed by atoms with Crippen molar-refractivity contribution < 1.29 is 29.3 Å². The Kier molecular flexibility index (Phi) is 6.83. The average Bonchev–Trinajstić information content (AvgIpc) is 2.23. The highest BCUT2D eigenvalue weighted by molar-refractivity contribution is 5.87. The number of methoxy groups -OCH3 is 1. The van der Waals surface area contributed by atoms with Gasteiger partial charge in [-0.15, -0.1) is 0 Å². The van der Waals surface area contributed by atoms with Crippen molar-refractivity contribution in [1.82, 2.24) is 5.32 Å². The van der Waals surface area contributed by atoms with E-state index in [1.165, 1.54) is 7.11 Å². The number of hydrogen-bond donors (Lipinski definition) is 4. The molecule has 0 bridgehead atoms. The van der Waals surface area contributed by atoms with E-state index in [9.17, 15) is 14.4 Å². The minimum Gasteiger partial charge on any atom is -0.481 e. The van der Waals surface area contributed by atoms with Crippen LogP contribution in [0.4, 0.5) is 0 Å². The standard InChI is InChI=1S/C9H16N2O6/c1-17-4-5(10)8(14)11-6(9(15)16)2-3-7(12)13/h5-6H,2-4,10H2,1H3,(H,11,14)(H,12,13)(H,15,16)/t5?,6-/m0/s1. The fourth-order valence-electron chi connectivity index (χ4n) is 1.06. The van der Waals surface area contributed by atoms with Crippen molar-refractivity contribution in [3.05, 3.63) is 0 Å². The van der Waals surface area contributed by atoms with E-state index >= 15 is 0 Å². The van der Waals surface area contributed by atoms with Crippen LogP contribution < -0.4 is 11.1 Å². The Bertz CT molecular complexity index is 293. The summed E-state index contributed by atoms with van der Waals surface area (Å²) in [7, 11) is 1.35. The van der Waals surface area contributed by atoms with E-state index in [4.69, 9.17) is 15.9 Å². The van der Waals surface area contributed by atoms with E-state index in [0.717, 1.165) is 0 Å². The summed E-state index contributed by atoms with van der Waals surface area (Å²) < 4.78 is 4.64. The van der Waals surface area contributed by atoms with Crippen LogP contribution in [0, 0.1) is 0 Å². The van der Waals surface area contributed by atoms with Crippen LogP contribution in [0.3, 0.4) is 0 Å². The van der Waals surface area contributed by atoms with Gasteiger partial charge in [0.25, 0.3) is 0 Å². The lowest BCUT2D eigenvalue weighted by molar-refractivity contribution is -0.143. The molecule has 0 aliphatic carbocycles. The van der Waals surface area contributed by atoms with E-state index in [1.54, 1.807) is 0 Å². The largest absolute Gasteiger partial charge is 0.481 e. The number of nitrogens with one attached hydrogen (secondary N) is 1. The van der Waals surface area contributed by atoms with E-state index in [-0.39, 0.29) is 19.4 Å². The van der Waals surface area contributed by atoms with Gasteiger partial charge < -0.3 is 26.0 Å². The first-order chi connectivity index (χ1) is 7.88. The number of ether oxygens (including phenoxy) is 1. The molecule has 8 heteroatoms. The minimum atomic E-state index is -1.30. The van der Waals surface area contributed by atoms with Gasteiger partial charge in [0.2, 0.25) is 5.91 Å². The molecule has 8 nitrogen and oxygen atoms in total. The normalized spacial score (nSPS) is 13.8. The van der Waals surface area contributed by atoms with Crippen LogP contribution in [0.5, 0.6) is 0 Å². The number of carboxylic acid groups (broad SMARTS) is 2. The van der Waals surface area contributed by atoms with Crippen LogP contribution in [0.1, 0.15) is 12.8 Å². The van der Waals surface area contributed by atoms with Crippen LogP contribution in [0.2, 0.25) is 0 Å². The van der Waals surface area contributed by atoms with Crippen LogP contribution >= 0.6 is 0 Å². The maximum atomic E-state index is 11.4. The Balaban J connectivity index is 4.29. The summed E-state index contributed by atoms with van der Waals surface area (Å²) >= 11 is 0. The van der Waals surface area contributed by atoms with Gasteiger partial charge in [-0.05, 0) is 6.42 Å². The van der Waals surface area contributed by atoms with Crippen molar-refractivity contribution in [1.29, 1.82) is 0 Å². The molecular weight excluding hydrogens is 232 g/mol. The zero-order chi connectivity index (χ0) is 13.4. The summed E-state index contributed by atoms with van der Waals surface area (Å²) in [5.74, 6) is -3.12. The van der Waals surface area contributed by atoms with Crippen molar-refractivity contribution in [2.75, 3.05) is 13.7 Å². The Hall–Kier alpha value is -1.67. The van der Waals surface area contributed by atoms with Crippen LogP contribution in [-0.4, -0.2) is 53.9 Å². The molecule has 0 aromatic carbocycles. The number of hydrogen-bond acceptors (Lipinski definition) is 5. The quantitative estimate of drug-likeness (QED) is 0.405. The van der Waals surface area contributed by atoms with Gasteiger partial charge in [-0.1, -0.05) is 0 Å². The third-order valence-corrected chi connectivity index (χ3v) is 1.94. The second kappa shape index (κ2) is 7.58. The SMILES string of the molecule is COCC(N)C(=O)N[C@@H](CCC(=O)O)C(=O)O. The second-order valence-corrected chi connectivity index (χ2v) is 3.39. The third-order valence-electron chi connectivity index (χ3n) is 1.94. The topological polar surface area (TPSA) is 139 Å². The predicted molar refractivity (Wildman–Crippen MR) is 56.3 cm³/mol. The monoisotopic (exact) mass is 248 g/mol. The maximum absolute atomic E-state index is 11.4. The van der Waals surface area contributed by atoms with Crippen LogP contribution in [0.15, 0.2) is 0 Å². The fourth-order valence-corrected chi connectivity index (χ4v) is 1.06. The number of amides is 1. The van der Waals surface area contributed by atoms with Gasteiger partial charge in [0.15, 0.2) is 0 Å². The first-order valence-electron chi connectivity index (χ1n) is 4.88. The lowest BCUT2D eigenvalue weighted by Gasteiger charge is -2.16. The van der Waals surface area contributed by atoms with E-state index < -0.39 is 29.9 Å². The molecule has 1 amide bonds. The average molecular weight is 248 g/mol. The summed E-state index contributed by atoms with van der Waals surface area (Å²) in [4.78, 5) is 32.4. The zero-order valence-electron chi connectivity index (χ0n) is 9.38. The molecule has 0 aliphatic heterocycles. The lowest BCUT2D eigenvalue weighted by Crippen LogP contribution is -2.50. The highest BCUT2D eigenvalue weighted by Gasteiger charge is 2.23. The molecule has 0 saturated heterocycles. The summed E-state index contributed by atoms with van der Waals surface area (Å²) in [5, 5.41) is 19.3. The maximum Gasteiger partial charge on any atom is 0.326 e. The van der Waals surface area contributed by atoms with Crippen LogP contribution in [0.25, 0.3) is 0 Å². The molecule has 0 heterocycles. The molecule has 0 spiro atoms. The fraction of sp³-hybridized carbons (Fsp3) is 0.667. The van der Waals surface area contributed by atoms with Gasteiger partial charge in [-0.3, -0.25) is 9.59 Å². The zero-order valence-corrected chi connectivity index (χ0v) is 9.38. The first-order valence-corrected chi connectivity index (χ1v) is 4.88. The number of carbonyl (C=O) groups excluding carboxylic acids is 1. The first kappa shape index (κ1) is 15.3. The van der Waals surface area contributed by atoms with E-state index in [0.29, 0.717) is 0 Å². The molecule has 0 aromatic rings. The molecule has 0 saturated carbocycles. The van der Waals surface area contributed by atoms with Crippen molar-refractivity contribution in [3.63, 3.8) is 0 Å². The van der Waals surface area contributed by atoms with Gasteiger partial charge in [-0.25, -0.2) is 4.79 Å². The molecule has 0 aromatic heterocycles. The summed E-state index contributed by atoms with van der Waals surface area (Å²) in [6, 6.07) is -2.24. The minimum absolute atomic E-state index is 0.0445. The van der Waals surface area contributed by atoms with Crippen LogP contribution in [-0.2, 0) is 19.1 Å². The smallest absolute Gasteiger partial charge is 0.326 e. The van der Waals surface area contributed by atoms with Crippen molar-refractivity contribution in [2.24, 2.45) is 5.73 Å². The number of aliphatic carboxylic acids is 2. The molecular formula is C9H16N2O6. The molecule has 2 atom stereocenters. The highest BCUT2D eigenvalue weighted by Crippen LogP contribution is 1.98. The number of rotatable bonds is 8. The Morgan fingerprint density at radius 2 is 1.94 bits per heavy atom. The van der Waals surface area contributed by atoms with Crippen molar-refractivity contribution in [3.8, 4) is 0 Å². The third kappa shape index (κ3) is 6.48. The molecule has 0 rings (SSSR count).